The van der Waals surface area contributed by atoms with Crippen molar-refractivity contribution in [3.63, 3.8) is 0 Å². The van der Waals surface area contributed by atoms with Gasteiger partial charge in [-0.05, 0) is 129 Å². The van der Waals surface area contributed by atoms with E-state index < -0.39 is 0 Å². The van der Waals surface area contributed by atoms with Gasteiger partial charge in [-0.15, -0.1) is 0 Å². The lowest BCUT2D eigenvalue weighted by Gasteiger charge is -2.35. The van der Waals surface area contributed by atoms with Gasteiger partial charge < -0.3 is 16.0 Å². The number of benzene rings is 2. The molecule has 312 valence electrons. The molecule has 7 rings (SSSR count). The van der Waals surface area contributed by atoms with Gasteiger partial charge in [0.1, 0.15) is 0 Å². The minimum atomic E-state index is -0.106. The average molecular weight is 794 g/mol. The second kappa shape index (κ2) is 20.4. The normalized spacial score (nSPS) is 20.6. The zero-order chi connectivity index (χ0) is 41.1. The molecule has 2 aromatic carbocycles. The molecule has 3 heterocycles. The van der Waals surface area contributed by atoms with Crippen molar-refractivity contribution in [3.05, 3.63) is 125 Å². The molecule has 7 heteroatoms. The molecule has 1 aromatic heterocycles. The lowest BCUT2D eigenvalue weighted by atomic mass is 9.73. The number of carbonyl (C=O) groups excluding carboxylic acids is 2. The van der Waals surface area contributed by atoms with Crippen molar-refractivity contribution in [2.75, 3.05) is 17.2 Å². The SMILES string of the molecule is C=C1CCC(N2C(=C)c3c(NCCCCCCCCCCCCc4ccc(NC(=O)C(C)C5CCC(c6ccnc7c6C=CCC7)CC5)cc4)cccc3C2=O)C(=C)N1. The van der Waals surface area contributed by atoms with Gasteiger partial charge in [-0.3, -0.25) is 19.5 Å². The van der Waals surface area contributed by atoms with E-state index in [1.54, 1.807) is 0 Å². The van der Waals surface area contributed by atoms with Gasteiger partial charge in [0.25, 0.3) is 5.91 Å². The molecule has 0 spiro atoms. The molecule has 3 N–H and O–H groups in total. The minimum Gasteiger partial charge on any atom is -0.384 e. The second-order valence-electron chi connectivity index (χ2n) is 17.7. The fraction of sp³-hybridized carbons (Fsp3) is 0.481. The quantitative estimate of drug-likeness (QED) is 0.105. The maximum Gasteiger partial charge on any atom is 0.259 e. The molecule has 2 fully saturated rings. The maximum atomic E-state index is 13.4. The first kappa shape index (κ1) is 42.2. The van der Waals surface area contributed by atoms with E-state index in [4.69, 9.17) is 0 Å². The van der Waals surface area contributed by atoms with Gasteiger partial charge in [0.15, 0.2) is 0 Å². The summed E-state index contributed by atoms with van der Waals surface area (Å²) in [5.41, 5.74) is 11.5. The number of anilines is 2. The van der Waals surface area contributed by atoms with Crippen molar-refractivity contribution in [3.8, 4) is 0 Å². The third-order valence-corrected chi connectivity index (χ3v) is 13.6. The molecular formula is C52H67N5O2. The zero-order valence-corrected chi connectivity index (χ0v) is 35.6. The summed E-state index contributed by atoms with van der Waals surface area (Å²) >= 11 is 0. The van der Waals surface area contributed by atoms with Crippen LogP contribution in [0.25, 0.3) is 11.8 Å². The highest BCUT2D eigenvalue weighted by Crippen LogP contribution is 2.42. The Bertz CT molecular complexity index is 2010. The summed E-state index contributed by atoms with van der Waals surface area (Å²) in [6, 6.07) is 16.6. The molecule has 2 amide bonds. The molecule has 0 bridgehead atoms. The summed E-state index contributed by atoms with van der Waals surface area (Å²) in [6.07, 6.45) is 28.5. The number of nitrogens with zero attached hydrogens (tertiary/aromatic N) is 2. The molecule has 3 aromatic rings. The van der Waals surface area contributed by atoms with Gasteiger partial charge in [-0.2, -0.15) is 0 Å². The number of piperidine rings is 1. The second-order valence-corrected chi connectivity index (χ2v) is 17.7. The Labute approximate surface area is 353 Å². The fourth-order valence-electron chi connectivity index (χ4n) is 9.98. The molecule has 59 heavy (non-hydrogen) atoms. The summed E-state index contributed by atoms with van der Waals surface area (Å²) in [4.78, 5) is 33.1. The summed E-state index contributed by atoms with van der Waals surface area (Å²) in [5.74, 6) is 1.19. The predicted molar refractivity (Wildman–Crippen MR) is 245 cm³/mol. The van der Waals surface area contributed by atoms with Crippen LogP contribution in [0, 0.1) is 11.8 Å². The number of carbonyl (C=O) groups is 2. The molecule has 2 aliphatic heterocycles. The maximum absolute atomic E-state index is 13.4. The number of unbranched alkanes of at least 4 members (excludes halogenated alkanes) is 9. The number of amides is 2. The third kappa shape index (κ3) is 10.5. The molecule has 0 radical (unpaired) electrons. The van der Waals surface area contributed by atoms with Crippen LogP contribution in [0.2, 0.25) is 0 Å². The number of aryl methyl sites for hydroxylation is 2. The van der Waals surface area contributed by atoms with E-state index in [-0.39, 0.29) is 23.8 Å². The molecule has 2 unspecified atom stereocenters. The summed E-state index contributed by atoms with van der Waals surface area (Å²) in [7, 11) is 0. The highest BCUT2D eigenvalue weighted by atomic mass is 16.2. The van der Waals surface area contributed by atoms with Crippen LogP contribution < -0.4 is 16.0 Å². The number of allylic oxidation sites excluding steroid dienone is 2. The monoisotopic (exact) mass is 794 g/mol. The van der Waals surface area contributed by atoms with Crippen molar-refractivity contribution in [1.29, 1.82) is 0 Å². The van der Waals surface area contributed by atoms with E-state index in [9.17, 15) is 9.59 Å². The topological polar surface area (TPSA) is 86.4 Å². The number of fused-ring (bicyclic) bond motifs is 2. The van der Waals surface area contributed by atoms with E-state index in [1.807, 2.05) is 23.2 Å². The number of hydrogen-bond acceptors (Lipinski definition) is 5. The summed E-state index contributed by atoms with van der Waals surface area (Å²) < 4.78 is 0. The summed E-state index contributed by atoms with van der Waals surface area (Å²) in [5, 5.41) is 10.1. The summed E-state index contributed by atoms with van der Waals surface area (Å²) in [6.45, 7) is 15.5. The molecule has 2 atom stereocenters. The van der Waals surface area contributed by atoms with E-state index >= 15 is 0 Å². The number of pyridine rings is 1. The van der Waals surface area contributed by atoms with Crippen LogP contribution in [-0.4, -0.2) is 34.3 Å². The highest BCUT2D eigenvalue weighted by molar-refractivity contribution is 6.11. The van der Waals surface area contributed by atoms with Crippen molar-refractivity contribution in [2.45, 2.75) is 141 Å². The Morgan fingerprint density at radius 3 is 2.31 bits per heavy atom. The van der Waals surface area contributed by atoms with Crippen LogP contribution in [0.15, 0.2) is 91.9 Å². The Kier molecular flexibility index (Phi) is 14.6. The van der Waals surface area contributed by atoms with Crippen LogP contribution in [-0.2, 0) is 17.6 Å². The Balaban J connectivity index is 0.708. The molecular weight excluding hydrogens is 727 g/mol. The van der Waals surface area contributed by atoms with Gasteiger partial charge in [0.05, 0.1) is 11.6 Å². The van der Waals surface area contributed by atoms with E-state index in [1.165, 1.54) is 80.2 Å². The minimum absolute atomic E-state index is 0.00816. The fourth-order valence-corrected chi connectivity index (χ4v) is 9.98. The van der Waals surface area contributed by atoms with Gasteiger partial charge in [0.2, 0.25) is 5.91 Å². The van der Waals surface area contributed by atoms with Gasteiger partial charge in [-0.1, -0.05) is 108 Å². The number of nitrogens with one attached hydrogen (secondary N) is 3. The molecule has 2 aliphatic carbocycles. The lowest BCUT2D eigenvalue weighted by Crippen LogP contribution is -2.42. The van der Waals surface area contributed by atoms with Gasteiger partial charge >= 0.3 is 0 Å². The molecule has 1 saturated carbocycles. The number of aromatic nitrogens is 1. The standard InChI is InChI=1S/C52H67N5O2/c1-36-23-32-49(38(3)55-36)57-39(4)50-46(52(57)59)20-17-22-48(50)53-34-16-12-10-8-6-5-7-9-11-13-18-40-24-30-43(31-25-40)56-51(58)37(2)41-26-28-42(29-27-41)44-33-35-54-47-21-15-14-19-45(44)47/h14,17,19-20,22,24-25,30-31,33,35,37,41-42,49,53,55H,1,3-13,15-16,18,21,23,26-29,32,34H2,2H3,(H,56,58). The van der Waals surface area contributed by atoms with Crippen LogP contribution in [0.5, 0.6) is 0 Å². The zero-order valence-electron chi connectivity index (χ0n) is 35.6. The Morgan fingerprint density at radius 2 is 1.58 bits per heavy atom. The van der Waals surface area contributed by atoms with E-state index in [2.05, 4.69) is 96.1 Å². The van der Waals surface area contributed by atoms with E-state index in [0.717, 1.165) is 110 Å². The van der Waals surface area contributed by atoms with Crippen molar-refractivity contribution >= 4 is 35.0 Å². The molecule has 1 saturated heterocycles. The Hall–Kier alpha value is -4.91. The molecule has 4 aliphatic rings. The average Bonchev–Trinajstić information content (AvgIpc) is 3.51. The van der Waals surface area contributed by atoms with Crippen LogP contribution >= 0.6 is 0 Å². The predicted octanol–water partition coefficient (Wildman–Crippen LogP) is 12.4. The lowest BCUT2D eigenvalue weighted by molar-refractivity contribution is -0.121. The van der Waals surface area contributed by atoms with Crippen LogP contribution in [0.3, 0.4) is 0 Å². The van der Waals surface area contributed by atoms with Crippen molar-refractivity contribution in [1.82, 2.24) is 15.2 Å². The number of hydrogen-bond donors (Lipinski definition) is 3. The first-order valence-corrected chi connectivity index (χ1v) is 22.9. The third-order valence-electron chi connectivity index (χ3n) is 13.6. The molecule has 7 nitrogen and oxygen atoms in total. The van der Waals surface area contributed by atoms with Crippen LogP contribution in [0.4, 0.5) is 11.4 Å². The van der Waals surface area contributed by atoms with Crippen molar-refractivity contribution in [2.24, 2.45) is 11.8 Å². The Morgan fingerprint density at radius 1 is 0.864 bits per heavy atom. The smallest absolute Gasteiger partial charge is 0.259 e. The highest BCUT2D eigenvalue weighted by Gasteiger charge is 2.39. The van der Waals surface area contributed by atoms with Gasteiger partial charge in [-0.25, -0.2) is 0 Å². The largest absolute Gasteiger partial charge is 0.384 e. The first-order chi connectivity index (χ1) is 28.8. The van der Waals surface area contributed by atoms with Crippen molar-refractivity contribution < 1.29 is 9.59 Å². The van der Waals surface area contributed by atoms with Crippen LogP contribution in [0.1, 0.15) is 160 Å². The van der Waals surface area contributed by atoms with E-state index in [0.29, 0.717) is 11.8 Å². The number of rotatable bonds is 19. The van der Waals surface area contributed by atoms with Gasteiger partial charge in [0, 0.05) is 58.4 Å². The first-order valence-electron chi connectivity index (χ1n) is 22.9.